The van der Waals surface area contributed by atoms with Crippen molar-refractivity contribution in [2.45, 2.75) is 19.0 Å². The topological polar surface area (TPSA) is 27.1 Å². The van der Waals surface area contributed by atoms with E-state index in [9.17, 15) is 0 Å². The fourth-order valence-electron chi connectivity index (χ4n) is 2.00. The zero-order chi connectivity index (χ0) is 12.4. The molecule has 0 aliphatic carbocycles. The predicted octanol–water partition coefficient (Wildman–Crippen LogP) is 3.22. The van der Waals surface area contributed by atoms with Crippen molar-refractivity contribution >= 4 is 11.8 Å². The van der Waals surface area contributed by atoms with Gasteiger partial charge in [-0.15, -0.1) is 0 Å². The third-order valence-corrected chi connectivity index (χ3v) is 3.33. The number of nitrogens with zero attached hydrogens (tertiary/aromatic N) is 2. The van der Waals surface area contributed by atoms with Crippen LogP contribution in [0.4, 0.5) is 0 Å². The average molecular weight is 248 g/mol. The fraction of sp³-hybridized carbons (Fsp3) is 0.308. The summed E-state index contributed by atoms with van der Waals surface area (Å²) >= 11 is 1.63. The molecule has 0 bridgehead atoms. The first-order valence-electron chi connectivity index (χ1n) is 5.40. The molecule has 0 unspecified atom stereocenters. The van der Waals surface area contributed by atoms with E-state index in [2.05, 4.69) is 29.5 Å². The number of methoxy groups -OCH3 is 1. The molecule has 1 aromatic heterocycles. The predicted molar refractivity (Wildman–Crippen MR) is 71.4 cm³/mol. The van der Waals surface area contributed by atoms with Crippen molar-refractivity contribution in [3.05, 3.63) is 35.7 Å². The van der Waals surface area contributed by atoms with Gasteiger partial charge in [-0.25, -0.2) is 4.98 Å². The lowest BCUT2D eigenvalue weighted by atomic mass is 10.1. The smallest absolute Gasteiger partial charge is 0.172 e. The molecule has 2 aromatic rings. The van der Waals surface area contributed by atoms with Crippen molar-refractivity contribution in [2.75, 3.05) is 13.4 Å². The van der Waals surface area contributed by atoms with Crippen molar-refractivity contribution < 1.29 is 4.74 Å². The van der Waals surface area contributed by atoms with Gasteiger partial charge in [-0.1, -0.05) is 17.8 Å². The Bertz CT molecular complexity index is 534. The van der Waals surface area contributed by atoms with E-state index in [1.54, 1.807) is 18.9 Å². The number of aryl methyl sites for hydroxylation is 2. The largest absolute Gasteiger partial charge is 0.495 e. The molecule has 0 amide bonds. The number of aromatic nitrogens is 2. The van der Waals surface area contributed by atoms with E-state index in [0.717, 1.165) is 16.6 Å². The number of rotatable bonds is 3. The summed E-state index contributed by atoms with van der Waals surface area (Å²) < 4.78 is 7.54. The van der Waals surface area contributed by atoms with E-state index in [1.165, 1.54) is 11.1 Å². The Labute approximate surface area is 106 Å². The highest BCUT2D eigenvalue weighted by atomic mass is 32.2. The molecule has 0 saturated carbocycles. The summed E-state index contributed by atoms with van der Waals surface area (Å²) in [6.07, 6.45) is 5.80. The van der Waals surface area contributed by atoms with Gasteiger partial charge in [0.2, 0.25) is 0 Å². The minimum Gasteiger partial charge on any atom is -0.495 e. The van der Waals surface area contributed by atoms with Gasteiger partial charge in [0, 0.05) is 12.4 Å². The SMILES string of the molecule is COc1cc(C)cc(C)c1-n1ccnc1SC. The zero-order valence-corrected chi connectivity index (χ0v) is 11.3. The molecule has 0 N–H and O–H groups in total. The van der Waals surface area contributed by atoms with E-state index in [1.807, 2.05) is 24.7 Å². The van der Waals surface area contributed by atoms with Gasteiger partial charge in [0.05, 0.1) is 12.8 Å². The van der Waals surface area contributed by atoms with E-state index in [0.29, 0.717) is 0 Å². The Hall–Kier alpha value is -1.42. The highest BCUT2D eigenvalue weighted by molar-refractivity contribution is 7.98. The van der Waals surface area contributed by atoms with Crippen LogP contribution in [0.2, 0.25) is 0 Å². The third-order valence-electron chi connectivity index (χ3n) is 2.66. The molecule has 1 heterocycles. The Morgan fingerprint density at radius 3 is 2.71 bits per heavy atom. The Morgan fingerprint density at radius 2 is 2.06 bits per heavy atom. The Kier molecular flexibility index (Phi) is 3.43. The summed E-state index contributed by atoms with van der Waals surface area (Å²) in [7, 11) is 1.70. The van der Waals surface area contributed by atoms with Crippen LogP contribution < -0.4 is 4.74 Å². The average Bonchev–Trinajstić information content (AvgIpc) is 2.75. The summed E-state index contributed by atoms with van der Waals surface area (Å²) in [5.41, 5.74) is 3.46. The van der Waals surface area contributed by atoms with Crippen LogP contribution in [0.5, 0.6) is 5.75 Å². The number of imidazole rings is 1. The maximum atomic E-state index is 5.47. The summed E-state index contributed by atoms with van der Waals surface area (Å²) in [5.74, 6) is 0.885. The van der Waals surface area contributed by atoms with Gasteiger partial charge in [-0.05, 0) is 37.3 Å². The molecule has 0 saturated heterocycles. The van der Waals surface area contributed by atoms with Crippen LogP contribution in [0.25, 0.3) is 5.69 Å². The van der Waals surface area contributed by atoms with Crippen molar-refractivity contribution in [2.24, 2.45) is 0 Å². The van der Waals surface area contributed by atoms with Crippen LogP contribution in [0.15, 0.2) is 29.7 Å². The maximum Gasteiger partial charge on any atom is 0.172 e. The highest BCUT2D eigenvalue weighted by Gasteiger charge is 2.12. The van der Waals surface area contributed by atoms with Crippen molar-refractivity contribution in [3.8, 4) is 11.4 Å². The second-order valence-corrected chi connectivity index (χ2v) is 4.69. The quantitative estimate of drug-likeness (QED) is 0.780. The van der Waals surface area contributed by atoms with Gasteiger partial charge in [-0.3, -0.25) is 4.57 Å². The first-order valence-corrected chi connectivity index (χ1v) is 6.62. The lowest BCUT2D eigenvalue weighted by Gasteiger charge is -2.15. The van der Waals surface area contributed by atoms with Gasteiger partial charge in [0.15, 0.2) is 5.16 Å². The molecular formula is C13H16N2OS. The molecule has 0 atom stereocenters. The Balaban J connectivity index is 2.66. The van der Waals surface area contributed by atoms with Crippen LogP contribution >= 0.6 is 11.8 Å². The summed E-state index contributed by atoms with van der Waals surface area (Å²) in [6.45, 7) is 4.16. The molecule has 0 spiro atoms. The van der Waals surface area contributed by atoms with Crippen LogP contribution in [0.3, 0.4) is 0 Å². The molecule has 2 rings (SSSR count). The molecule has 1 aromatic carbocycles. The molecule has 3 nitrogen and oxygen atoms in total. The van der Waals surface area contributed by atoms with Gasteiger partial charge >= 0.3 is 0 Å². The van der Waals surface area contributed by atoms with E-state index >= 15 is 0 Å². The van der Waals surface area contributed by atoms with Crippen molar-refractivity contribution in [1.82, 2.24) is 9.55 Å². The molecule has 0 aliphatic rings. The van der Waals surface area contributed by atoms with Gasteiger partial charge in [-0.2, -0.15) is 0 Å². The minimum absolute atomic E-state index is 0.885. The lowest BCUT2D eigenvalue weighted by molar-refractivity contribution is 0.411. The van der Waals surface area contributed by atoms with Crippen molar-refractivity contribution in [3.63, 3.8) is 0 Å². The molecule has 0 radical (unpaired) electrons. The van der Waals surface area contributed by atoms with E-state index in [-0.39, 0.29) is 0 Å². The van der Waals surface area contributed by atoms with Gasteiger partial charge in [0.1, 0.15) is 5.75 Å². The summed E-state index contributed by atoms with van der Waals surface area (Å²) in [4.78, 5) is 4.32. The van der Waals surface area contributed by atoms with Crippen LogP contribution in [-0.4, -0.2) is 22.9 Å². The van der Waals surface area contributed by atoms with E-state index in [4.69, 9.17) is 4.74 Å². The normalized spacial score (nSPS) is 10.6. The first kappa shape index (κ1) is 12.0. The van der Waals surface area contributed by atoms with Crippen LogP contribution in [0, 0.1) is 13.8 Å². The Morgan fingerprint density at radius 1 is 1.29 bits per heavy atom. The molecule has 0 aliphatic heterocycles. The minimum atomic E-state index is 0.885. The standard InChI is InChI=1S/C13H16N2OS/c1-9-7-10(2)12(11(8-9)16-3)15-6-5-14-13(15)17-4/h5-8H,1-4H3. The molecule has 4 heteroatoms. The molecule has 90 valence electrons. The zero-order valence-electron chi connectivity index (χ0n) is 10.5. The number of hydrogen-bond donors (Lipinski definition) is 0. The summed E-state index contributed by atoms with van der Waals surface area (Å²) in [6, 6.07) is 4.20. The second-order valence-electron chi connectivity index (χ2n) is 3.92. The number of hydrogen-bond acceptors (Lipinski definition) is 3. The highest BCUT2D eigenvalue weighted by Crippen LogP contribution is 2.30. The van der Waals surface area contributed by atoms with Crippen LogP contribution in [0.1, 0.15) is 11.1 Å². The number of ether oxygens (including phenoxy) is 1. The fourth-order valence-corrected chi connectivity index (χ4v) is 2.51. The third kappa shape index (κ3) is 2.17. The van der Waals surface area contributed by atoms with Gasteiger partial charge < -0.3 is 4.74 Å². The number of thioether (sulfide) groups is 1. The van der Waals surface area contributed by atoms with Crippen molar-refractivity contribution in [1.29, 1.82) is 0 Å². The first-order chi connectivity index (χ1) is 8.17. The van der Waals surface area contributed by atoms with Gasteiger partial charge in [0.25, 0.3) is 0 Å². The number of benzene rings is 1. The summed E-state index contributed by atoms with van der Waals surface area (Å²) in [5, 5.41) is 0.968. The molecule has 0 fully saturated rings. The lowest BCUT2D eigenvalue weighted by Crippen LogP contribution is -2.01. The molecular weight excluding hydrogens is 232 g/mol. The monoisotopic (exact) mass is 248 g/mol. The maximum absolute atomic E-state index is 5.47. The van der Waals surface area contributed by atoms with E-state index < -0.39 is 0 Å². The molecule has 17 heavy (non-hydrogen) atoms. The second kappa shape index (κ2) is 4.84. The van der Waals surface area contributed by atoms with Crippen LogP contribution in [-0.2, 0) is 0 Å².